The fourth-order valence-corrected chi connectivity index (χ4v) is 5.22. The number of aromatic nitrogens is 2. The summed E-state index contributed by atoms with van der Waals surface area (Å²) >= 11 is 0. The molecule has 0 aliphatic heterocycles. The minimum absolute atomic E-state index is 0.0966. The average Bonchev–Trinajstić information content (AvgIpc) is 3.58. The molecule has 5 N–H and O–H groups in total. The van der Waals surface area contributed by atoms with E-state index in [1.54, 1.807) is 128 Å². The second-order valence-corrected chi connectivity index (χ2v) is 11.5. The zero-order valence-corrected chi connectivity index (χ0v) is 27.0. The Hall–Kier alpha value is -7.33. The number of carbonyl (C=O) groups excluding carboxylic acids is 2. The first-order valence-corrected chi connectivity index (χ1v) is 16.0. The fourth-order valence-electron chi connectivity index (χ4n) is 5.22. The second-order valence-electron chi connectivity index (χ2n) is 11.5. The molecule has 0 aliphatic rings. The summed E-state index contributed by atoms with van der Waals surface area (Å²) in [6.07, 6.45) is 3.20. The van der Waals surface area contributed by atoms with Crippen LogP contribution in [0.3, 0.4) is 0 Å². The number of amides is 2. The normalized spacial score (nSPS) is 11.3. The van der Waals surface area contributed by atoms with Crippen molar-refractivity contribution in [1.82, 2.24) is 9.97 Å². The van der Waals surface area contributed by atoms with E-state index in [0.717, 1.165) is 16.6 Å². The Morgan fingerprint density at radius 3 is 1.96 bits per heavy atom. The van der Waals surface area contributed by atoms with Gasteiger partial charge in [0.1, 0.15) is 23.0 Å². The third-order valence-electron chi connectivity index (χ3n) is 7.98. The van der Waals surface area contributed by atoms with Gasteiger partial charge in [-0.05, 0) is 109 Å². The lowest BCUT2D eigenvalue weighted by atomic mass is 10.1. The number of para-hydroxylation sites is 3. The molecule has 10 heteroatoms. The summed E-state index contributed by atoms with van der Waals surface area (Å²) in [5.74, 6) is 0.368. The molecule has 248 valence electrons. The Morgan fingerprint density at radius 2 is 1.25 bits per heavy atom. The number of imidazole rings is 1. The Kier molecular flexibility index (Phi) is 9.12. The summed E-state index contributed by atoms with van der Waals surface area (Å²) in [6, 6.07) is 40.4. The van der Waals surface area contributed by atoms with Crippen molar-refractivity contribution in [1.29, 1.82) is 0 Å². The number of phenolic OH excluding ortho intramolecular Hbond substituents is 2. The van der Waals surface area contributed by atoms with E-state index in [-0.39, 0.29) is 23.3 Å². The van der Waals surface area contributed by atoms with E-state index in [2.05, 4.69) is 25.6 Å². The topological polar surface area (TPSA) is 152 Å². The van der Waals surface area contributed by atoms with E-state index in [0.29, 0.717) is 50.8 Å². The fraction of sp³-hybridized carbons (Fsp3) is 0. The molecule has 1 aromatic heterocycles. The molecule has 0 atom stereocenters. The van der Waals surface area contributed by atoms with Crippen LogP contribution in [0.4, 0.5) is 22.7 Å². The molecule has 0 unspecified atom stereocenters. The van der Waals surface area contributed by atoms with Gasteiger partial charge in [-0.2, -0.15) is 0 Å². The minimum Gasteiger partial charge on any atom is -0.507 e. The van der Waals surface area contributed by atoms with Gasteiger partial charge in [0.15, 0.2) is 0 Å². The van der Waals surface area contributed by atoms with Crippen LogP contribution in [0.5, 0.6) is 11.5 Å². The molecule has 0 radical (unpaired) electrons. The van der Waals surface area contributed by atoms with Crippen LogP contribution in [0.2, 0.25) is 0 Å². The molecule has 0 bridgehead atoms. The van der Waals surface area contributed by atoms with Crippen LogP contribution in [0.15, 0.2) is 150 Å². The number of aromatic amines is 1. The molecule has 10 nitrogen and oxygen atoms in total. The maximum atomic E-state index is 13.0. The summed E-state index contributed by atoms with van der Waals surface area (Å²) in [6.45, 7) is 0. The Balaban J connectivity index is 0.958. The number of phenols is 2. The van der Waals surface area contributed by atoms with Gasteiger partial charge in [0.25, 0.3) is 11.8 Å². The van der Waals surface area contributed by atoms with Crippen LogP contribution in [-0.2, 0) is 0 Å². The van der Waals surface area contributed by atoms with Crippen LogP contribution in [0, 0.1) is 0 Å². The lowest BCUT2D eigenvalue weighted by Gasteiger charge is -2.06. The van der Waals surface area contributed by atoms with E-state index in [1.165, 1.54) is 0 Å². The van der Waals surface area contributed by atoms with E-state index in [9.17, 15) is 19.8 Å². The van der Waals surface area contributed by atoms with Crippen molar-refractivity contribution in [3.8, 4) is 22.9 Å². The zero-order valence-electron chi connectivity index (χ0n) is 27.0. The first kappa shape index (κ1) is 32.2. The lowest BCUT2D eigenvalue weighted by Crippen LogP contribution is -2.11. The minimum atomic E-state index is -0.263. The van der Waals surface area contributed by atoms with Crippen LogP contribution < -0.4 is 10.6 Å². The molecule has 0 saturated heterocycles. The zero-order chi connectivity index (χ0) is 35.2. The largest absolute Gasteiger partial charge is 0.507 e. The highest BCUT2D eigenvalue weighted by molar-refractivity contribution is 6.06. The number of hydrogen-bond donors (Lipinski definition) is 5. The predicted molar refractivity (Wildman–Crippen MR) is 201 cm³/mol. The monoisotopic (exact) mass is 670 g/mol. The van der Waals surface area contributed by atoms with Crippen molar-refractivity contribution in [2.75, 3.05) is 10.6 Å². The first-order valence-electron chi connectivity index (χ1n) is 16.0. The first-order chi connectivity index (χ1) is 24.9. The van der Waals surface area contributed by atoms with Gasteiger partial charge in [-0.3, -0.25) is 19.6 Å². The van der Waals surface area contributed by atoms with Crippen molar-refractivity contribution >= 4 is 58.0 Å². The molecule has 7 rings (SSSR count). The molecule has 0 aliphatic carbocycles. The molecule has 0 spiro atoms. The molecule has 7 aromatic rings. The quantitative estimate of drug-likeness (QED) is 0.0974. The maximum absolute atomic E-state index is 13.0. The van der Waals surface area contributed by atoms with Crippen molar-refractivity contribution in [3.63, 3.8) is 0 Å². The lowest BCUT2D eigenvalue weighted by molar-refractivity contribution is 0.101. The van der Waals surface area contributed by atoms with Gasteiger partial charge in [0, 0.05) is 46.1 Å². The van der Waals surface area contributed by atoms with Crippen molar-refractivity contribution in [2.24, 2.45) is 9.98 Å². The van der Waals surface area contributed by atoms with Crippen LogP contribution >= 0.6 is 0 Å². The summed E-state index contributed by atoms with van der Waals surface area (Å²) < 4.78 is 0. The number of aromatic hydroxyl groups is 2. The number of aliphatic imine (C=N–C) groups is 2. The van der Waals surface area contributed by atoms with Crippen molar-refractivity contribution < 1.29 is 19.8 Å². The van der Waals surface area contributed by atoms with Gasteiger partial charge >= 0.3 is 0 Å². The summed E-state index contributed by atoms with van der Waals surface area (Å²) in [5, 5.41) is 25.6. The number of hydrogen-bond acceptors (Lipinski definition) is 7. The van der Waals surface area contributed by atoms with Gasteiger partial charge in [-0.15, -0.1) is 0 Å². The number of nitrogens with zero attached hydrogens (tertiary/aromatic N) is 3. The number of benzene rings is 6. The molecule has 51 heavy (non-hydrogen) atoms. The second kappa shape index (κ2) is 14.4. The Morgan fingerprint density at radius 1 is 0.627 bits per heavy atom. The van der Waals surface area contributed by atoms with E-state index in [4.69, 9.17) is 4.98 Å². The SMILES string of the molecule is O=C(Nc1ccc(-c2nc3cc(NC(=O)c4ccc(C=Nc5ccccc5O)cc4)ccc3[nH]2)cc1)c1ccc(N=Cc2ccccc2O)cc1. The van der Waals surface area contributed by atoms with Crippen molar-refractivity contribution in [3.05, 3.63) is 162 Å². The van der Waals surface area contributed by atoms with E-state index >= 15 is 0 Å². The summed E-state index contributed by atoms with van der Waals surface area (Å²) in [5.41, 5.74) is 7.02. The third kappa shape index (κ3) is 7.71. The summed E-state index contributed by atoms with van der Waals surface area (Å²) in [4.78, 5) is 42.5. The van der Waals surface area contributed by atoms with Gasteiger partial charge in [0.05, 0.1) is 16.7 Å². The molecule has 2 amide bonds. The number of anilines is 2. The molecule has 0 saturated carbocycles. The molecule has 0 fully saturated rings. The number of nitrogens with one attached hydrogen (secondary N) is 3. The number of carbonyl (C=O) groups is 2. The van der Waals surface area contributed by atoms with Crippen LogP contribution in [0.1, 0.15) is 31.8 Å². The average molecular weight is 671 g/mol. The highest BCUT2D eigenvalue weighted by Crippen LogP contribution is 2.26. The predicted octanol–water partition coefficient (Wildman–Crippen LogP) is 8.65. The highest BCUT2D eigenvalue weighted by atomic mass is 16.3. The van der Waals surface area contributed by atoms with Crippen LogP contribution in [0.25, 0.3) is 22.4 Å². The van der Waals surface area contributed by atoms with Gasteiger partial charge in [-0.25, -0.2) is 4.98 Å². The standard InChI is InChI=1S/C41H30N6O4/c48-37-7-3-1-5-30(37)25-42-31-17-15-29(16-18-31)40(50)44-32-19-13-27(14-20-32)39-46-34-22-21-33(23-36(34)47-39)45-41(51)28-11-9-26(10-12-28)24-43-35-6-2-4-8-38(35)49/h1-25,48-49H,(H,44,50)(H,45,51)(H,46,47). The highest BCUT2D eigenvalue weighted by Gasteiger charge is 2.11. The summed E-state index contributed by atoms with van der Waals surface area (Å²) in [7, 11) is 0. The third-order valence-corrected chi connectivity index (χ3v) is 7.98. The maximum Gasteiger partial charge on any atom is 0.255 e. The van der Waals surface area contributed by atoms with Gasteiger partial charge in [-0.1, -0.05) is 36.4 Å². The Labute approximate surface area is 292 Å². The smallest absolute Gasteiger partial charge is 0.255 e. The van der Waals surface area contributed by atoms with Crippen molar-refractivity contribution in [2.45, 2.75) is 0 Å². The molecule has 1 heterocycles. The van der Waals surface area contributed by atoms with Gasteiger partial charge in [0.2, 0.25) is 0 Å². The number of rotatable bonds is 9. The van der Waals surface area contributed by atoms with Crippen LogP contribution in [-0.4, -0.2) is 44.4 Å². The number of H-pyrrole nitrogens is 1. The molecular formula is C41H30N6O4. The van der Waals surface area contributed by atoms with E-state index < -0.39 is 0 Å². The van der Waals surface area contributed by atoms with E-state index in [1.807, 2.05) is 24.3 Å². The Bertz CT molecular complexity index is 2420. The number of fused-ring (bicyclic) bond motifs is 1. The van der Waals surface area contributed by atoms with Gasteiger partial charge < -0.3 is 25.8 Å². The molecule has 6 aromatic carbocycles. The molecular weight excluding hydrogens is 640 g/mol.